The van der Waals surface area contributed by atoms with Gasteiger partial charge in [-0.05, 0) is 51.9 Å². The van der Waals surface area contributed by atoms with E-state index in [2.05, 4.69) is 43.8 Å². The van der Waals surface area contributed by atoms with Crippen LogP contribution in [-0.2, 0) is 22.7 Å². The van der Waals surface area contributed by atoms with Gasteiger partial charge in [0.2, 0.25) is 0 Å². The summed E-state index contributed by atoms with van der Waals surface area (Å²) in [5.74, 6) is -0.479. The highest BCUT2D eigenvalue weighted by Crippen LogP contribution is 2.30. The quantitative estimate of drug-likeness (QED) is 0.495. The van der Waals surface area contributed by atoms with E-state index in [1.807, 2.05) is 36.4 Å². The highest BCUT2D eigenvalue weighted by Gasteiger charge is 2.10. The zero-order valence-corrected chi connectivity index (χ0v) is 15.3. The van der Waals surface area contributed by atoms with Gasteiger partial charge in [-0.15, -0.1) is 0 Å². The molecule has 0 spiro atoms. The number of rotatable bonds is 6. The van der Waals surface area contributed by atoms with Crippen molar-refractivity contribution >= 4 is 5.97 Å². The van der Waals surface area contributed by atoms with Crippen LogP contribution in [0.5, 0.6) is 0 Å². The lowest BCUT2D eigenvalue weighted by molar-refractivity contribution is -0.139. The Morgan fingerprint density at radius 3 is 2.37 bits per heavy atom. The molecule has 3 nitrogen and oxygen atoms in total. The van der Waals surface area contributed by atoms with Gasteiger partial charge in [-0.1, -0.05) is 67.2 Å². The molecular weight excluding hydrogens is 336 g/mol. The van der Waals surface area contributed by atoms with Gasteiger partial charge in [0.25, 0.3) is 0 Å². The first-order valence-corrected chi connectivity index (χ1v) is 8.80. The molecule has 0 radical (unpaired) electrons. The Morgan fingerprint density at radius 1 is 0.963 bits per heavy atom. The molecule has 0 amide bonds. The van der Waals surface area contributed by atoms with Gasteiger partial charge in [0.05, 0.1) is 6.61 Å². The first kappa shape index (κ1) is 18.6. The first-order chi connectivity index (χ1) is 13.1. The molecule has 0 saturated carbocycles. The second-order valence-electron chi connectivity index (χ2n) is 6.35. The minimum atomic E-state index is -0.479. The monoisotopic (exact) mass is 358 g/mol. The number of hydrogen-bond acceptors (Lipinski definition) is 3. The molecule has 3 aromatic rings. The van der Waals surface area contributed by atoms with Gasteiger partial charge in [0, 0.05) is 6.08 Å². The number of aryl methyl sites for hydroxylation is 1. The van der Waals surface area contributed by atoms with E-state index in [9.17, 15) is 9.90 Å². The predicted molar refractivity (Wildman–Crippen MR) is 108 cm³/mol. The highest BCUT2D eigenvalue weighted by atomic mass is 16.5. The van der Waals surface area contributed by atoms with Crippen LogP contribution in [0.2, 0.25) is 0 Å². The zero-order valence-electron chi connectivity index (χ0n) is 15.3. The lowest BCUT2D eigenvalue weighted by Gasteiger charge is -2.13. The van der Waals surface area contributed by atoms with Crippen LogP contribution in [0, 0.1) is 6.92 Å². The van der Waals surface area contributed by atoms with Gasteiger partial charge in [-0.3, -0.25) is 0 Å². The van der Waals surface area contributed by atoms with E-state index in [0.29, 0.717) is 0 Å². The summed E-state index contributed by atoms with van der Waals surface area (Å²) >= 11 is 0. The zero-order chi connectivity index (χ0) is 19.2. The van der Waals surface area contributed by atoms with Crippen LogP contribution in [0.1, 0.15) is 16.7 Å². The molecule has 0 heterocycles. The van der Waals surface area contributed by atoms with E-state index < -0.39 is 5.97 Å². The van der Waals surface area contributed by atoms with E-state index >= 15 is 0 Å². The maximum Gasteiger partial charge on any atom is 0.330 e. The minimum Gasteiger partial charge on any atom is -0.458 e. The lowest BCUT2D eigenvalue weighted by atomic mass is 9.94. The van der Waals surface area contributed by atoms with Crippen molar-refractivity contribution in [2.24, 2.45) is 0 Å². The number of carbonyl (C=O) groups is 1. The van der Waals surface area contributed by atoms with Crippen molar-refractivity contribution in [3.8, 4) is 22.3 Å². The van der Waals surface area contributed by atoms with Crippen LogP contribution in [0.3, 0.4) is 0 Å². The standard InChI is InChI=1S/C24H22O3/c1-3-24(26)27-16-22-14-20(9-10-21(22)15-25)23-12-11-19(13-17(23)2)18-7-5-4-6-8-18/h3-14,25H,1,15-16H2,2H3. The molecule has 3 aromatic carbocycles. The predicted octanol–water partition coefficient (Wildman–Crippen LogP) is 5.05. The summed E-state index contributed by atoms with van der Waals surface area (Å²) in [6.45, 7) is 5.49. The number of esters is 1. The summed E-state index contributed by atoms with van der Waals surface area (Å²) in [6.07, 6.45) is 1.13. The van der Waals surface area contributed by atoms with Crippen molar-refractivity contribution in [1.29, 1.82) is 0 Å². The smallest absolute Gasteiger partial charge is 0.330 e. The molecule has 27 heavy (non-hydrogen) atoms. The topological polar surface area (TPSA) is 46.5 Å². The molecule has 0 aromatic heterocycles. The fourth-order valence-corrected chi connectivity index (χ4v) is 3.09. The summed E-state index contributed by atoms with van der Waals surface area (Å²) in [4.78, 5) is 11.4. The summed E-state index contributed by atoms with van der Waals surface area (Å²) in [5, 5.41) is 9.56. The normalized spacial score (nSPS) is 10.4. The fraction of sp³-hybridized carbons (Fsp3) is 0.125. The van der Waals surface area contributed by atoms with Crippen LogP contribution in [0.4, 0.5) is 0 Å². The van der Waals surface area contributed by atoms with E-state index in [1.54, 1.807) is 0 Å². The SMILES string of the molecule is C=CC(=O)OCc1cc(-c2ccc(-c3ccccc3)cc2C)ccc1CO. The average Bonchev–Trinajstić information content (AvgIpc) is 2.72. The van der Waals surface area contributed by atoms with Crippen molar-refractivity contribution in [2.75, 3.05) is 0 Å². The van der Waals surface area contributed by atoms with E-state index in [0.717, 1.165) is 33.9 Å². The molecule has 0 bridgehead atoms. The summed E-state index contributed by atoms with van der Waals surface area (Å²) in [6, 6.07) is 22.5. The van der Waals surface area contributed by atoms with Gasteiger partial charge in [-0.2, -0.15) is 0 Å². The summed E-state index contributed by atoms with van der Waals surface area (Å²) in [5.41, 5.74) is 7.17. The van der Waals surface area contributed by atoms with Crippen molar-refractivity contribution < 1.29 is 14.6 Å². The van der Waals surface area contributed by atoms with Crippen LogP contribution in [-0.4, -0.2) is 11.1 Å². The largest absolute Gasteiger partial charge is 0.458 e. The van der Waals surface area contributed by atoms with Crippen LogP contribution >= 0.6 is 0 Å². The average molecular weight is 358 g/mol. The Labute approximate surface area is 159 Å². The van der Waals surface area contributed by atoms with Crippen molar-refractivity contribution in [2.45, 2.75) is 20.1 Å². The Kier molecular flexibility index (Phi) is 5.84. The molecule has 0 aliphatic heterocycles. The maximum atomic E-state index is 11.4. The second-order valence-corrected chi connectivity index (χ2v) is 6.35. The molecule has 0 aliphatic rings. The molecule has 3 rings (SSSR count). The van der Waals surface area contributed by atoms with E-state index in [4.69, 9.17) is 4.74 Å². The van der Waals surface area contributed by atoms with Crippen molar-refractivity contribution in [1.82, 2.24) is 0 Å². The van der Waals surface area contributed by atoms with E-state index in [1.165, 1.54) is 11.1 Å². The number of aliphatic hydroxyl groups is 1. The van der Waals surface area contributed by atoms with E-state index in [-0.39, 0.29) is 13.2 Å². The van der Waals surface area contributed by atoms with Gasteiger partial charge in [-0.25, -0.2) is 4.79 Å². The second kappa shape index (κ2) is 8.47. The summed E-state index contributed by atoms with van der Waals surface area (Å²) < 4.78 is 5.15. The number of aliphatic hydroxyl groups excluding tert-OH is 1. The van der Waals surface area contributed by atoms with Gasteiger partial charge >= 0.3 is 5.97 Å². The molecule has 3 heteroatoms. The number of carbonyl (C=O) groups excluding carboxylic acids is 1. The Morgan fingerprint density at radius 2 is 1.70 bits per heavy atom. The third kappa shape index (κ3) is 4.33. The van der Waals surface area contributed by atoms with Gasteiger partial charge in [0.15, 0.2) is 0 Å². The fourth-order valence-electron chi connectivity index (χ4n) is 3.09. The molecule has 0 fully saturated rings. The Bertz CT molecular complexity index is 959. The minimum absolute atomic E-state index is 0.104. The van der Waals surface area contributed by atoms with Crippen LogP contribution < -0.4 is 0 Å². The third-order valence-corrected chi connectivity index (χ3v) is 4.56. The third-order valence-electron chi connectivity index (χ3n) is 4.56. The lowest BCUT2D eigenvalue weighted by Crippen LogP contribution is -2.03. The Balaban J connectivity index is 1.93. The molecule has 0 aliphatic carbocycles. The van der Waals surface area contributed by atoms with Crippen LogP contribution in [0.15, 0.2) is 79.4 Å². The Hall–Kier alpha value is -3.17. The highest BCUT2D eigenvalue weighted by molar-refractivity contribution is 5.81. The molecule has 1 N–H and O–H groups in total. The maximum absolute atomic E-state index is 11.4. The van der Waals surface area contributed by atoms with Crippen molar-refractivity contribution in [3.63, 3.8) is 0 Å². The summed E-state index contributed by atoms with van der Waals surface area (Å²) in [7, 11) is 0. The van der Waals surface area contributed by atoms with Gasteiger partial charge < -0.3 is 9.84 Å². The number of benzene rings is 3. The number of hydrogen-bond donors (Lipinski definition) is 1. The number of ether oxygens (including phenoxy) is 1. The molecule has 0 saturated heterocycles. The van der Waals surface area contributed by atoms with Crippen molar-refractivity contribution in [3.05, 3.63) is 96.1 Å². The molecule has 0 atom stereocenters. The molecular formula is C24H22O3. The molecule has 0 unspecified atom stereocenters. The molecule has 136 valence electrons. The van der Waals surface area contributed by atoms with Gasteiger partial charge in [0.1, 0.15) is 6.61 Å². The van der Waals surface area contributed by atoms with Crippen LogP contribution in [0.25, 0.3) is 22.3 Å². The first-order valence-electron chi connectivity index (χ1n) is 8.80.